The average molecular weight is 424 g/mol. The second-order valence-corrected chi connectivity index (χ2v) is 10.5. The van der Waals surface area contributed by atoms with Gasteiger partial charge in [-0.1, -0.05) is 96.8 Å². The van der Waals surface area contributed by atoms with Gasteiger partial charge in [0.1, 0.15) is 24.4 Å². The molecule has 0 aromatic carbocycles. The SMILES string of the molecule is CCCCCCCCCCCCCCCCCC1OCC(Cn2cc[n+](C)c2)S1. The van der Waals surface area contributed by atoms with Gasteiger partial charge >= 0.3 is 0 Å². The van der Waals surface area contributed by atoms with Crippen LogP contribution in [0, 0.1) is 0 Å². The van der Waals surface area contributed by atoms with Crippen LogP contribution in [0.15, 0.2) is 18.7 Å². The molecule has 2 unspecified atom stereocenters. The number of unbranched alkanes of at least 4 members (excludes halogenated alkanes) is 14. The maximum absolute atomic E-state index is 6.01. The summed E-state index contributed by atoms with van der Waals surface area (Å²) >= 11 is 2.05. The Hall–Kier alpha value is -0.480. The van der Waals surface area contributed by atoms with Crippen LogP contribution in [0.5, 0.6) is 0 Å². The molecule has 1 saturated heterocycles. The van der Waals surface area contributed by atoms with E-state index in [1.165, 1.54) is 103 Å². The number of nitrogens with zero attached hydrogens (tertiary/aromatic N) is 2. The molecule has 29 heavy (non-hydrogen) atoms. The number of aromatic nitrogens is 2. The van der Waals surface area contributed by atoms with E-state index in [2.05, 4.69) is 41.8 Å². The first-order valence-electron chi connectivity index (χ1n) is 12.6. The Morgan fingerprint density at radius 2 is 1.41 bits per heavy atom. The second-order valence-electron chi connectivity index (χ2n) is 9.04. The summed E-state index contributed by atoms with van der Waals surface area (Å²) in [5.74, 6) is 0. The third-order valence-electron chi connectivity index (χ3n) is 6.09. The van der Waals surface area contributed by atoms with Crippen molar-refractivity contribution in [3.63, 3.8) is 0 Å². The Labute approximate surface area is 185 Å². The third-order valence-corrected chi connectivity index (χ3v) is 7.44. The molecule has 2 heterocycles. The highest BCUT2D eigenvalue weighted by Gasteiger charge is 2.27. The standard InChI is InChI=1S/C25H47N2OS/c1-3-4-5-6-7-8-9-10-11-12-13-14-15-16-17-18-25-28-22-24(29-25)21-27-20-19-26(2)23-27/h19-20,23-25H,3-18,21-22H2,1-2H3/q+1. The van der Waals surface area contributed by atoms with E-state index in [1.54, 1.807) is 0 Å². The molecule has 0 aliphatic carbocycles. The molecule has 1 aromatic heterocycles. The van der Waals surface area contributed by atoms with Gasteiger partial charge in [-0.05, 0) is 12.8 Å². The van der Waals surface area contributed by atoms with Crippen molar-refractivity contribution in [1.29, 1.82) is 0 Å². The fraction of sp³-hybridized carbons (Fsp3) is 0.880. The molecule has 2 rings (SSSR count). The Balaban J connectivity index is 1.31. The van der Waals surface area contributed by atoms with Crippen LogP contribution < -0.4 is 4.57 Å². The van der Waals surface area contributed by atoms with Gasteiger partial charge in [0, 0.05) is 0 Å². The zero-order chi connectivity index (χ0) is 20.6. The number of imidazole rings is 1. The zero-order valence-corrected chi connectivity index (χ0v) is 20.1. The van der Waals surface area contributed by atoms with Crippen molar-refractivity contribution in [3.05, 3.63) is 18.7 Å². The quantitative estimate of drug-likeness (QED) is 0.186. The molecular formula is C25H47N2OS+. The molecule has 168 valence electrons. The number of hydrogen-bond acceptors (Lipinski definition) is 2. The van der Waals surface area contributed by atoms with Gasteiger partial charge in [0.05, 0.1) is 18.9 Å². The van der Waals surface area contributed by atoms with Crippen LogP contribution in [-0.4, -0.2) is 21.9 Å². The summed E-state index contributed by atoms with van der Waals surface area (Å²) in [7, 11) is 2.08. The van der Waals surface area contributed by atoms with Crippen LogP contribution in [0.1, 0.15) is 110 Å². The second kappa shape index (κ2) is 16.2. The fourth-order valence-electron chi connectivity index (χ4n) is 4.28. The average Bonchev–Trinajstić information content (AvgIpc) is 3.33. The monoisotopic (exact) mass is 423 g/mol. The van der Waals surface area contributed by atoms with Gasteiger partial charge < -0.3 is 4.74 Å². The predicted octanol–water partition coefficient (Wildman–Crippen LogP) is 7.03. The van der Waals surface area contributed by atoms with Gasteiger partial charge in [-0.2, -0.15) is 0 Å². The van der Waals surface area contributed by atoms with Crippen molar-refractivity contribution in [2.75, 3.05) is 6.61 Å². The zero-order valence-electron chi connectivity index (χ0n) is 19.3. The van der Waals surface area contributed by atoms with E-state index in [-0.39, 0.29) is 0 Å². The summed E-state index contributed by atoms with van der Waals surface area (Å²) in [6.07, 6.45) is 29.2. The van der Waals surface area contributed by atoms with Crippen molar-refractivity contribution in [2.24, 2.45) is 7.05 Å². The van der Waals surface area contributed by atoms with E-state index in [4.69, 9.17) is 4.74 Å². The maximum atomic E-state index is 6.01. The molecule has 0 bridgehead atoms. The van der Waals surface area contributed by atoms with Crippen LogP contribution in [-0.2, 0) is 18.3 Å². The molecule has 4 heteroatoms. The van der Waals surface area contributed by atoms with Crippen LogP contribution in [0.4, 0.5) is 0 Å². The summed E-state index contributed by atoms with van der Waals surface area (Å²) in [5, 5.41) is 0.615. The lowest BCUT2D eigenvalue weighted by Gasteiger charge is -2.08. The van der Waals surface area contributed by atoms with E-state index in [0.717, 1.165) is 13.2 Å². The number of aryl methyl sites for hydroxylation is 1. The summed E-state index contributed by atoms with van der Waals surface area (Å²) in [6, 6.07) is 0. The number of thioether (sulfide) groups is 1. The molecule has 1 aromatic rings. The van der Waals surface area contributed by atoms with Gasteiger partial charge in [0.2, 0.25) is 6.33 Å². The van der Waals surface area contributed by atoms with Crippen molar-refractivity contribution >= 4 is 11.8 Å². The van der Waals surface area contributed by atoms with E-state index in [9.17, 15) is 0 Å². The summed E-state index contributed by atoms with van der Waals surface area (Å²) < 4.78 is 10.4. The minimum absolute atomic E-state index is 0.436. The summed E-state index contributed by atoms with van der Waals surface area (Å²) in [5.41, 5.74) is 0.436. The van der Waals surface area contributed by atoms with E-state index >= 15 is 0 Å². The van der Waals surface area contributed by atoms with E-state index < -0.39 is 0 Å². The van der Waals surface area contributed by atoms with Gasteiger partial charge in [-0.3, -0.25) is 0 Å². The van der Waals surface area contributed by atoms with Crippen LogP contribution in [0.25, 0.3) is 0 Å². The molecule has 0 amide bonds. The third kappa shape index (κ3) is 12.1. The number of ether oxygens (including phenoxy) is 1. The van der Waals surface area contributed by atoms with Gasteiger partial charge in [-0.15, -0.1) is 11.8 Å². The van der Waals surface area contributed by atoms with Gasteiger partial charge in [0.25, 0.3) is 0 Å². The molecule has 0 N–H and O–H groups in total. The lowest BCUT2D eigenvalue weighted by Crippen LogP contribution is -2.24. The van der Waals surface area contributed by atoms with Crippen molar-refractivity contribution in [2.45, 2.75) is 127 Å². The molecule has 1 aliphatic rings. The molecule has 0 spiro atoms. The Morgan fingerprint density at radius 3 is 1.93 bits per heavy atom. The number of hydrogen-bond donors (Lipinski definition) is 0. The normalized spacial score (nSPS) is 19.2. The summed E-state index contributed by atoms with van der Waals surface area (Å²) in [4.78, 5) is 0. The van der Waals surface area contributed by atoms with Crippen LogP contribution in [0.3, 0.4) is 0 Å². The summed E-state index contributed by atoms with van der Waals surface area (Å²) in [6.45, 7) is 4.28. The topological polar surface area (TPSA) is 18.0 Å². The molecule has 3 nitrogen and oxygen atoms in total. The first-order valence-corrected chi connectivity index (χ1v) is 13.5. The highest BCUT2D eigenvalue weighted by atomic mass is 32.2. The molecule has 2 atom stereocenters. The molecular weight excluding hydrogens is 376 g/mol. The lowest BCUT2D eigenvalue weighted by atomic mass is 10.0. The Kier molecular flexibility index (Phi) is 13.9. The minimum Gasteiger partial charge on any atom is -0.366 e. The van der Waals surface area contributed by atoms with E-state index in [1.807, 2.05) is 11.8 Å². The van der Waals surface area contributed by atoms with Crippen LogP contribution >= 0.6 is 11.8 Å². The van der Waals surface area contributed by atoms with Gasteiger partial charge in [0.15, 0.2) is 0 Å². The highest BCUT2D eigenvalue weighted by molar-refractivity contribution is 8.00. The Bertz CT molecular complexity index is 505. The van der Waals surface area contributed by atoms with Crippen LogP contribution in [0.2, 0.25) is 0 Å². The first-order chi connectivity index (χ1) is 14.3. The van der Waals surface area contributed by atoms with Crippen molar-refractivity contribution in [3.8, 4) is 0 Å². The molecule has 1 fully saturated rings. The Morgan fingerprint density at radius 1 is 0.862 bits per heavy atom. The predicted molar refractivity (Wildman–Crippen MR) is 126 cm³/mol. The molecule has 1 aliphatic heterocycles. The lowest BCUT2D eigenvalue weighted by molar-refractivity contribution is -0.671. The van der Waals surface area contributed by atoms with Crippen molar-refractivity contribution in [1.82, 2.24) is 4.57 Å². The maximum Gasteiger partial charge on any atom is 0.243 e. The smallest absolute Gasteiger partial charge is 0.243 e. The highest BCUT2D eigenvalue weighted by Crippen LogP contribution is 2.32. The molecule has 0 saturated carbocycles. The molecule has 0 radical (unpaired) electrons. The number of rotatable bonds is 18. The van der Waals surface area contributed by atoms with Crippen molar-refractivity contribution < 1.29 is 9.30 Å². The van der Waals surface area contributed by atoms with Gasteiger partial charge in [-0.25, -0.2) is 9.13 Å². The van der Waals surface area contributed by atoms with E-state index in [0.29, 0.717) is 10.7 Å². The largest absolute Gasteiger partial charge is 0.366 e. The minimum atomic E-state index is 0.436. The first kappa shape index (κ1) is 24.8. The fourth-order valence-corrected chi connectivity index (χ4v) is 5.59.